The second-order valence-corrected chi connectivity index (χ2v) is 5.96. The summed E-state index contributed by atoms with van der Waals surface area (Å²) in [5.41, 5.74) is 3.74. The predicted molar refractivity (Wildman–Crippen MR) is 96.4 cm³/mol. The van der Waals surface area contributed by atoms with Gasteiger partial charge in [0.1, 0.15) is 0 Å². The molecule has 1 aliphatic heterocycles. The number of amides is 1. The molecule has 2 aromatic carbocycles. The number of aryl methyl sites for hydroxylation is 1. The van der Waals surface area contributed by atoms with Gasteiger partial charge in [-0.15, -0.1) is 0 Å². The molecule has 0 saturated carbocycles. The van der Waals surface area contributed by atoms with Crippen molar-refractivity contribution in [3.63, 3.8) is 0 Å². The van der Waals surface area contributed by atoms with Crippen molar-refractivity contribution < 1.29 is 14.6 Å². The summed E-state index contributed by atoms with van der Waals surface area (Å²) in [5.74, 6) is 0.844. The first-order chi connectivity index (χ1) is 11.6. The Balaban J connectivity index is 1.77. The van der Waals surface area contributed by atoms with Gasteiger partial charge in [-0.3, -0.25) is 4.79 Å². The number of benzene rings is 2. The maximum absolute atomic E-state index is 11.8. The highest BCUT2D eigenvalue weighted by Gasteiger charge is 2.21. The highest BCUT2D eigenvalue weighted by Crippen LogP contribution is 2.31. The molecule has 2 aromatic rings. The van der Waals surface area contributed by atoms with E-state index in [1.165, 1.54) is 0 Å². The summed E-state index contributed by atoms with van der Waals surface area (Å²) in [4.78, 5) is 13.6. The van der Waals surface area contributed by atoms with Gasteiger partial charge in [-0.2, -0.15) is 0 Å². The molecule has 1 amide bonds. The highest BCUT2D eigenvalue weighted by molar-refractivity contribution is 5.95. The van der Waals surface area contributed by atoms with Crippen molar-refractivity contribution in [1.29, 1.82) is 0 Å². The minimum Gasteiger partial charge on any atom is -0.504 e. The van der Waals surface area contributed by atoms with Gasteiger partial charge in [0.15, 0.2) is 11.5 Å². The monoisotopic (exact) mass is 323 g/mol. The number of aromatic hydroxyl groups is 1. The summed E-state index contributed by atoms with van der Waals surface area (Å²) in [5, 5.41) is 9.88. The topological polar surface area (TPSA) is 49.8 Å². The molecule has 1 aliphatic rings. The minimum atomic E-state index is 0.175. The lowest BCUT2D eigenvalue weighted by Gasteiger charge is -2.15. The zero-order valence-corrected chi connectivity index (χ0v) is 14.0. The Hall–Kier alpha value is -2.75. The first-order valence-corrected chi connectivity index (χ1v) is 8.04. The molecule has 0 radical (unpaired) electrons. The maximum Gasteiger partial charge on any atom is 0.227 e. The Kier molecular flexibility index (Phi) is 4.56. The third-order valence-electron chi connectivity index (χ3n) is 4.25. The molecule has 1 saturated heterocycles. The number of phenols is 1. The standard InChI is InChI=1S/C20H21NO3/c1-14-12-16(13-18(24-2)20(14)23)6-5-15-7-9-17(10-8-15)21-11-3-4-19(21)22/h5-10,12-13,23H,3-4,11H2,1-2H3/b6-5+. The van der Waals surface area contributed by atoms with E-state index >= 15 is 0 Å². The van der Waals surface area contributed by atoms with Crippen LogP contribution in [0.25, 0.3) is 12.2 Å². The number of carbonyl (C=O) groups is 1. The van der Waals surface area contributed by atoms with Gasteiger partial charge in [0.25, 0.3) is 0 Å². The van der Waals surface area contributed by atoms with Gasteiger partial charge in [-0.05, 0) is 54.3 Å². The van der Waals surface area contributed by atoms with Crippen LogP contribution in [0, 0.1) is 6.92 Å². The summed E-state index contributed by atoms with van der Waals surface area (Å²) in [6.45, 7) is 2.65. The molecule has 0 spiro atoms. The summed E-state index contributed by atoms with van der Waals surface area (Å²) in [6.07, 6.45) is 5.55. The molecular formula is C20H21NO3. The van der Waals surface area contributed by atoms with Gasteiger partial charge in [-0.25, -0.2) is 0 Å². The first-order valence-electron chi connectivity index (χ1n) is 8.04. The second kappa shape index (κ2) is 6.79. The van der Waals surface area contributed by atoms with Crippen molar-refractivity contribution in [2.24, 2.45) is 0 Å². The van der Waals surface area contributed by atoms with E-state index < -0.39 is 0 Å². The fraction of sp³-hybridized carbons (Fsp3) is 0.250. The Morgan fingerprint density at radius 3 is 2.46 bits per heavy atom. The molecule has 1 N–H and O–H groups in total. The molecule has 0 bridgehead atoms. The number of carbonyl (C=O) groups excluding carboxylic acids is 1. The minimum absolute atomic E-state index is 0.175. The van der Waals surface area contributed by atoms with Gasteiger partial charge >= 0.3 is 0 Å². The number of hydrogen-bond acceptors (Lipinski definition) is 3. The molecule has 24 heavy (non-hydrogen) atoms. The van der Waals surface area contributed by atoms with Crippen LogP contribution < -0.4 is 9.64 Å². The number of ether oxygens (including phenoxy) is 1. The maximum atomic E-state index is 11.8. The molecule has 0 unspecified atom stereocenters. The molecule has 4 heteroatoms. The number of phenolic OH excluding ortho intramolecular Hbond substituents is 1. The van der Waals surface area contributed by atoms with Gasteiger partial charge in [0, 0.05) is 18.7 Å². The third kappa shape index (κ3) is 3.27. The van der Waals surface area contributed by atoms with E-state index in [1.54, 1.807) is 13.2 Å². The Morgan fingerprint density at radius 1 is 1.12 bits per heavy atom. The van der Waals surface area contributed by atoms with Crippen LogP contribution in [0.4, 0.5) is 5.69 Å². The average Bonchev–Trinajstić information content (AvgIpc) is 3.02. The Labute approximate surface area is 142 Å². The van der Waals surface area contributed by atoms with Crippen LogP contribution in [0.2, 0.25) is 0 Å². The van der Waals surface area contributed by atoms with Crippen LogP contribution in [0.1, 0.15) is 29.5 Å². The molecule has 1 fully saturated rings. The molecule has 124 valence electrons. The van der Waals surface area contributed by atoms with Crippen LogP contribution in [-0.4, -0.2) is 24.7 Å². The van der Waals surface area contributed by atoms with E-state index in [2.05, 4.69) is 0 Å². The number of rotatable bonds is 4. The molecule has 0 atom stereocenters. The summed E-state index contributed by atoms with van der Waals surface area (Å²) < 4.78 is 5.18. The van der Waals surface area contributed by atoms with Crippen LogP contribution in [0.5, 0.6) is 11.5 Å². The molecule has 3 rings (SSSR count). The van der Waals surface area contributed by atoms with E-state index in [0.29, 0.717) is 12.2 Å². The number of nitrogens with zero attached hydrogens (tertiary/aromatic N) is 1. The molecular weight excluding hydrogens is 302 g/mol. The first kappa shape index (κ1) is 16.1. The fourth-order valence-electron chi connectivity index (χ4n) is 2.90. The van der Waals surface area contributed by atoms with Crippen LogP contribution in [0.3, 0.4) is 0 Å². The van der Waals surface area contributed by atoms with E-state index in [0.717, 1.165) is 35.3 Å². The van der Waals surface area contributed by atoms with Gasteiger partial charge in [0.2, 0.25) is 5.91 Å². The van der Waals surface area contributed by atoms with Crippen molar-refractivity contribution in [1.82, 2.24) is 0 Å². The lowest BCUT2D eigenvalue weighted by molar-refractivity contribution is -0.117. The largest absolute Gasteiger partial charge is 0.504 e. The van der Waals surface area contributed by atoms with Crippen LogP contribution in [-0.2, 0) is 4.79 Å². The van der Waals surface area contributed by atoms with Crippen LogP contribution in [0.15, 0.2) is 36.4 Å². The lowest BCUT2D eigenvalue weighted by Crippen LogP contribution is -2.23. The average molecular weight is 323 g/mol. The summed E-state index contributed by atoms with van der Waals surface area (Å²) in [6, 6.07) is 11.7. The normalized spacial score (nSPS) is 14.6. The quantitative estimate of drug-likeness (QED) is 0.865. The van der Waals surface area contributed by atoms with E-state index in [-0.39, 0.29) is 11.7 Å². The predicted octanol–water partition coefficient (Wildman–Crippen LogP) is 4.01. The second-order valence-electron chi connectivity index (χ2n) is 5.96. The number of anilines is 1. The summed E-state index contributed by atoms with van der Waals surface area (Å²) >= 11 is 0. The van der Waals surface area contributed by atoms with Gasteiger partial charge in [0.05, 0.1) is 7.11 Å². The van der Waals surface area contributed by atoms with Crippen molar-refractivity contribution in [2.75, 3.05) is 18.6 Å². The molecule has 1 heterocycles. The smallest absolute Gasteiger partial charge is 0.227 e. The fourth-order valence-corrected chi connectivity index (χ4v) is 2.90. The van der Waals surface area contributed by atoms with Crippen molar-refractivity contribution >= 4 is 23.7 Å². The molecule has 0 aliphatic carbocycles. The van der Waals surface area contributed by atoms with Crippen LogP contribution >= 0.6 is 0 Å². The zero-order valence-electron chi connectivity index (χ0n) is 14.0. The Bertz CT molecular complexity index is 778. The van der Waals surface area contributed by atoms with E-state index in [9.17, 15) is 9.90 Å². The van der Waals surface area contributed by atoms with Gasteiger partial charge in [-0.1, -0.05) is 24.3 Å². The molecule has 0 aromatic heterocycles. The number of hydrogen-bond donors (Lipinski definition) is 1. The molecule has 4 nitrogen and oxygen atoms in total. The highest BCUT2D eigenvalue weighted by atomic mass is 16.5. The SMILES string of the molecule is COc1cc(/C=C/c2ccc(N3CCCC3=O)cc2)cc(C)c1O. The van der Waals surface area contributed by atoms with Crippen molar-refractivity contribution in [2.45, 2.75) is 19.8 Å². The van der Waals surface area contributed by atoms with Crippen molar-refractivity contribution in [3.8, 4) is 11.5 Å². The third-order valence-corrected chi connectivity index (χ3v) is 4.25. The summed E-state index contributed by atoms with van der Waals surface area (Å²) in [7, 11) is 1.54. The van der Waals surface area contributed by atoms with Gasteiger partial charge < -0.3 is 14.7 Å². The number of methoxy groups -OCH3 is 1. The van der Waals surface area contributed by atoms with E-state index in [4.69, 9.17) is 4.74 Å². The zero-order chi connectivity index (χ0) is 17.1. The van der Waals surface area contributed by atoms with E-state index in [1.807, 2.05) is 54.3 Å². The Morgan fingerprint density at radius 2 is 1.83 bits per heavy atom. The van der Waals surface area contributed by atoms with Crippen molar-refractivity contribution in [3.05, 3.63) is 53.1 Å². The lowest BCUT2D eigenvalue weighted by atomic mass is 10.1.